The number of hydrogen-bond acceptors (Lipinski definition) is 6. The number of ketones is 1. The Morgan fingerprint density at radius 3 is 2.62 bits per heavy atom. The highest BCUT2D eigenvalue weighted by molar-refractivity contribution is 7.92. The van der Waals surface area contributed by atoms with Crippen LogP contribution in [0.5, 0.6) is 5.75 Å². The fourth-order valence-electron chi connectivity index (χ4n) is 3.49. The van der Waals surface area contributed by atoms with Gasteiger partial charge in [0.2, 0.25) is 10.0 Å². The number of anilines is 1. The zero-order chi connectivity index (χ0) is 21.4. The molecule has 0 fully saturated rings. The van der Waals surface area contributed by atoms with Crippen molar-refractivity contribution in [2.75, 3.05) is 30.3 Å². The molecule has 0 aromatic heterocycles. The molecule has 1 heterocycles. The monoisotopic (exact) mass is 425 g/mol. The standard InChI is InChI=1S/C21H31NO6S/c1-4-6-7-8-9-16(15-20(23)27-5-2)21(24)17-10-11-19-18(14-17)22(12-13-28-19)29(3,25)26/h10-11,14,16H,4-9,12-13,15H2,1-3H3. The van der Waals surface area contributed by atoms with Gasteiger partial charge in [-0.3, -0.25) is 13.9 Å². The first-order valence-corrected chi connectivity index (χ1v) is 12.1. The number of rotatable bonds is 11. The molecule has 0 spiro atoms. The van der Waals surface area contributed by atoms with Crippen LogP contribution in [0.3, 0.4) is 0 Å². The summed E-state index contributed by atoms with van der Waals surface area (Å²) in [5.74, 6) is -0.611. The van der Waals surface area contributed by atoms with E-state index in [4.69, 9.17) is 9.47 Å². The molecule has 0 N–H and O–H groups in total. The van der Waals surface area contributed by atoms with Gasteiger partial charge in [-0.15, -0.1) is 0 Å². The number of hydrogen-bond donors (Lipinski definition) is 0. The first-order valence-electron chi connectivity index (χ1n) is 10.2. The predicted octanol–water partition coefficient (Wildman–Crippen LogP) is 3.57. The van der Waals surface area contributed by atoms with E-state index >= 15 is 0 Å². The molecular formula is C21H31NO6S. The third kappa shape index (κ3) is 6.45. The smallest absolute Gasteiger partial charge is 0.306 e. The van der Waals surface area contributed by atoms with Gasteiger partial charge in [0.1, 0.15) is 12.4 Å². The minimum absolute atomic E-state index is 0.0299. The van der Waals surface area contributed by atoms with E-state index in [-0.39, 0.29) is 37.9 Å². The summed E-state index contributed by atoms with van der Waals surface area (Å²) in [6.07, 6.45) is 5.79. The molecule has 1 atom stereocenters. The van der Waals surface area contributed by atoms with E-state index in [1.807, 2.05) is 0 Å². The highest BCUT2D eigenvalue weighted by atomic mass is 32.2. The number of benzene rings is 1. The summed E-state index contributed by atoms with van der Waals surface area (Å²) >= 11 is 0. The Bertz CT molecular complexity index is 820. The number of nitrogens with zero attached hydrogens (tertiary/aromatic N) is 1. The van der Waals surface area contributed by atoms with Gasteiger partial charge in [-0.1, -0.05) is 32.6 Å². The van der Waals surface area contributed by atoms with Gasteiger partial charge < -0.3 is 9.47 Å². The molecule has 162 valence electrons. The lowest BCUT2D eigenvalue weighted by Crippen LogP contribution is -2.37. The molecule has 0 amide bonds. The van der Waals surface area contributed by atoms with Crippen LogP contribution in [0.4, 0.5) is 5.69 Å². The second-order valence-electron chi connectivity index (χ2n) is 7.29. The van der Waals surface area contributed by atoms with Gasteiger partial charge in [-0.05, 0) is 31.5 Å². The highest BCUT2D eigenvalue weighted by Gasteiger charge is 2.29. The van der Waals surface area contributed by atoms with Gasteiger partial charge in [0.15, 0.2) is 5.78 Å². The minimum Gasteiger partial charge on any atom is -0.489 e. The largest absolute Gasteiger partial charge is 0.489 e. The second-order valence-corrected chi connectivity index (χ2v) is 9.19. The molecule has 0 radical (unpaired) electrons. The zero-order valence-electron chi connectivity index (χ0n) is 17.5. The van der Waals surface area contributed by atoms with Crippen LogP contribution in [0.15, 0.2) is 18.2 Å². The van der Waals surface area contributed by atoms with Crippen molar-refractivity contribution in [3.8, 4) is 5.75 Å². The lowest BCUT2D eigenvalue weighted by atomic mass is 9.89. The van der Waals surface area contributed by atoms with Crippen molar-refractivity contribution in [1.82, 2.24) is 0 Å². The van der Waals surface area contributed by atoms with E-state index in [0.29, 0.717) is 23.4 Å². The summed E-state index contributed by atoms with van der Waals surface area (Å²) in [4.78, 5) is 25.2. The number of unbranched alkanes of at least 4 members (excludes halogenated alkanes) is 3. The molecule has 2 rings (SSSR count). The van der Waals surface area contributed by atoms with E-state index in [9.17, 15) is 18.0 Å². The van der Waals surface area contributed by atoms with Gasteiger partial charge >= 0.3 is 5.97 Å². The first-order chi connectivity index (χ1) is 13.8. The van der Waals surface area contributed by atoms with Crippen LogP contribution in [0.1, 0.15) is 62.7 Å². The lowest BCUT2D eigenvalue weighted by molar-refractivity contribution is -0.143. The Morgan fingerprint density at radius 2 is 1.97 bits per heavy atom. The van der Waals surface area contributed by atoms with Gasteiger partial charge in [0, 0.05) is 11.5 Å². The van der Waals surface area contributed by atoms with Gasteiger partial charge in [0.05, 0.1) is 31.5 Å². The number of fused-ring (bicyclic) bond motifs is 1. The van der Waals surface area contributed by atoms with Crippen molar-refractivity contribution in [2.24, 2.45) is 5.92 Å². The molecule has 8 heteroatoms. The quantitative estimate of drug-likeness (QED) is 0.306. The van der Waals surface area contributed by atoms with Crippen LogP contribution in [0, 0.1) is 5.92 Å². The van der Waals surface area contributed by atoms with E-state index < -0.39 is 15.9 Å². The normalized spacial score (nSPS) is 14.7. The van der Waals surface area contributed by atoms with Crippen LogP contribution in [0.25, 0.3) is 0 Å². The van der Waals surface area contributed by atoms with E-state index in [0.717, 1.165) is 31.9 Å². The summed E-state index contributed by atoms with van der Waals surface area (Å²) in [5, 5.41) is 0. The zero-order valence-corrected chi connectivity index (χ0v) is 18.3. The van der Waals surface area contributed by atoms with Crippen LogP contribution in [-0.2, 0) is 19.6 Å². The molecular weight excluding hydrogens is 394 g/mol. The predicted molar refractivity (Wildman–Crippen MR) is 112 cm³/mol. The van der Waals surface area contributed by atoms with Crippen LogP contribution >= 0.6 is 0 Å². The van der Waals surface area contributed by atoms with E-state index in [1.165, 1.54) is 4.31 Å². The molecule has 0 saturated carbocycles. The Hall–Kier alpha value is -2.09. The van der Waals surface area contributed by atoms with E-state index in [1.54, 1.807) is 25.1 Å². The molecule has 1 aliphatic heterocycles. The Morgan fingerprint density at radius 1 is 1.21 bits per heavy atom. The summed E-state index contributed by atoms with van der Waals surface area (Å²) in [7, 11) is -3.48. The second kappa shape index (κ2) is 10.6. The van der Waals surface area contributed by atoms with Crippen LogP contribution < -0.4 is 9.04 Å². The van der Waals surface area contributed by atoms with Crippen molar-refractivity contribution in [3.05, 3.63) is 23.8 Å². The summed E-state index contributed by atoms with van der Waals surface area (Å²) in [6.45, 7) is 4.58. The van der Waals surface area contributed by atoms with Crippen LogP contribution in [0.2, 0.25) is 0 Å². The molecule has 1 aromatic rings. The number of carbonyl (C=O) groups excluding carboxylic acids is 2. The maximum absolute atomic E-state index is 13.2. The fraction of sp³-hybridized carbons (Fsp3) is 0.619. The number of esters is 1. The molecule has 1 aliphatic rings. The Kier molecular flexibility index (Phi) is 8.49. The van der Waals surface area contributed by atoms with Crippen molar-refractivity contribution in [2.45, 2.75) is 52.4 Å². The topological polar surface area (TPSA) is 90.0 Å². The average Bonchev–Trinajstić information content (AvgIpc) is 2.68. The molecule has 0 saturated heterocycles. The molecule has 0 aliphatic carbocycles. The average molecular weight is 426 g/mol. The first kappa shape index (κ1) is 23.2. The lowest BCUT2D eigenvalue weighted by Gasteiger charge is -2.29. The van der Waals surface area contributed by atoms with Gasteiger partial charge in [-0.2, -0.15) is 0 Å². The van der Waals surface area contributed by atoms with Gasteiger partial charge in [0.25, 0.3) is 0 Å². The van der Waals surface area contributed by atoms with Crippen molar-refractivity contribution in [3.63, 3.8) is 0 Å². The third-order valence-electron chi connectivity index (χ3n) is 4.96. The maximum Gasteiger partial charge on any atom is 0.306 e. The van der Waals surface area contributed by atoms with Crippen LogP contribution in [-0.4, -0.2) is 46.2 Å². The summed E-state index contributed by atoms with van der Waals surface area (Å²) < 4.78 is 36.1. The Balaban J connectivity index is 2.26. The third-order valence-corrected chi connectivity index (χ3v) is 6.14. The van der Waals surface area contributed by atoms with Gasteiger partial charge in [-0.25, -0.2) is 8.42 Å². The number of sulfonamides is 1. The SMILES string of the molecule is CCCCCCC(CC(=O)OCC)C(=O)c1ccc2c(c1)N(S(C)(=O)=O)CCO2. The Labute approximate surface area is 173 Å². The van der Waals surface area contributed by atoms with E-state index in [2.05, 4.69) is 6.92 Å². The molecule has 1 aromatic carbocycles. The highest BCUT2D eigenvalue weighted by Crippen LogP contribution is 2.35. The number of Topliss-reactive ketones (excluding diaryl/α,β-unsaturated/α-hetero) is 1. The summed E-state index contributed by atoms with van der Waals surface area (Å²) in [5.41, 5.74) is 0.748. The molecule has 0 bridgehead atoms. The van der Waals surface area contributed by atoms with Crippen molar-refractivity contribution < 1.29 is 27.5 Å². The molecule has 7 nitrogen and oxygen atoms in total. The fourth-order valence-corrected chi connectivity index (χ4v) is 4.40. The number of carbonyl (C=O) groups is 2. The number of ether oxygens (including phenoxy) is 2. The van der Waals surface area contributed by atoms with Crippen molar-refractivity contribution >= 4 is 27.5 Å². The molecule has 29 heavy (non-hydrogen) atoms. The summed E-state index contributed by atoms with van der Waals surface area (Å²) in [6, 6.07) is 4.82. The minimum atomic E-state index is -3.48. The molecule has 1 unspecified atom stereocenters. The van der Waals surface area contributed by atoms with Crippen molar-refractivity contribution in [1.29, 1.82) is 0 Å². The maximum atomic E-state index is 13.2.